The van der Waals surface area contributed by atoms with E-state index in [-0.39, 0.29) is 5.84 Å². The Bertz CT molecular complexity index is 766. The SMILES string of the molecule is N=C(N)c1ccc(Oc2ccc3ccccc3c2)nc1. The van der Waals surface area contributed by atoms with Gasteiger partial charge in [0.25, 0.3) is 0 Å². The number of nitrogens with two attached hydrogens (primary N) is 1. The van der Waals surface area contributed by atoms with Gasteiger partial charge in [0, 0.05) is 17.8 Å². The van der Waals surface area contributed by atoms with E-state index in [1.807, 2.05) is 36.4 Å². The largest absolute Gasteiger partial charge is 0.439 e. The van der Waals surface area contributed by atoms with Crippen LogP contribution in [0.5, 0.6) is 11.6 Å². The fourth-order valence-corrected chi connectivity index (χ4v) is 1.95. The summed E-state index contributed by atoms with van der Waals surface area (Å²) in [6.07, 6.45) is 1.53. The summed E-state index contributed by atoms with van der Waals surface area (Å²) < 4.78 is 5.70. The fourth-order valence-electron chi connectivity index (χ4n) is 1.95. The van der Waals surface area contributed by atoms with Gasteiger partial charge in [-0.25, -0.2) is 4.98 Å². The van der Waals surface area contributed by atoms with E-state index in [0.29, 0.717) is 11.4 Å². The second-order valence-corrected chi connectivity index (χ2v) is 4.41. The van der Waals surface area contributed by atoms with E-state index in [4.69, 9.17) is 15.9 Å². The van der Waals surface area contributed by atoms with Crippen molar-refractivity contribution >= 4 is 16.6 Å². The maximum absolute atomic E-state index is 7.31. The van der Waals surface area contributed by atoms with Crippen LogP contribution >= 0.6 is 0 Å². The van der Waals surface area contributed by atoms with Crippen molar-refractivity contribution in [3.05, 3.63) is 66.4 Å². The van der Waals surface area contributed by atoms with Gasteiger partial charge in [-0.1, -0.05) is 30.3 Å². The third kappa shape index (κ3) is 2.44. The summed E-state index contributed by atoms with van der Waals surface area (Å²) in [6.45, 7) is 0. The molecule has 4 heteroatoms. The second kappa shape index (κ2) is 5.01. The molecule has 0 spiro atoms. The Labute approximate surface area is 116 Å². The lowest BCUT2D eigenvalue weighted by molar-refractivity contribution is 0.463. The topological polar surface area (TPSA) is 72.0 Å². The number of nitrogens with zero attached hydrogens (tertiary/aromatic N) is 1. The summed E-state index contributed by atoms with van der Waals surface area (Å²) in [5.74, 6) is 1.20. The summed E-state index contributed by atoms with van der Waals surface area (Å²) in [4.78, 5) is 4.13. The number of ether oxygens (including phenoxy) is 1. The Morgan fingerprint density at radius 1 is 1.00 bits per heavy atom. The number of benzene rings is 2. The molecule has 1 heterocycles. The van der Waals surface area contributed by atoms with Crippen LogP contribution in [0, 0.1) is 5.41 Å². The molecule has 0 aliphatic carbocycles. The van der Waals surface area contributed by atoms with E-state index in [9.17, 15) is 0 Å². The molecule has 3 aromatic rings. The van der Waals surface area contributed by atoms with Gasteiger partial charge in [-0.15, -0.1) is 0 Å². The Hall–Kier alpha value is -2.88. The van der Waals surface area contributed by atoms with Crippen molar-refractivity contribution in [3.63, 3.8) is 0 Å². The highest BCUT2D eigenvalue weighted by Crippen LogP contribution is 2.24. The summed E-state index contributed by atoms with van der Waals surface area (Å²) in [5, 5.41) is 9.60. The van der Waals surface area contributed by atoms with E-state index < -0.39 is 0 Å². The zero-order valence-corrected chi connectivity index (χ0v) is 10.7. The van der Waals surface area contributed by atoms with E-state index in [2.05, 4.69) is 11.1 Å². The summed E-state index contributed by atoms with van der Waals surface area (Å²) >= 11 is 0. The van der Waals surface area contributed by atoms with Crippen LogP contribution in [0.1, 0.15) is 5.56 Å². The van der Waals surface area contributed by atoms with Crippen LogP contribution in [0.2, 0.25) is 0 Å². The van der Waals surface area contributed by atoms with Crippen LogP contribution < -0.4 is 10.5 Å². The average Bonchev–Trinajstić information content (AvgIpc) is 2.48. The molecule has 4 nitrogen and oxygen atoms in total. The number of rotatable bonds is 3. The predicted octanol–water partition coefficient (Wildman–Crippen LogP) is 3.31. The predicted molar refractivity (Wildman–Crippen MR) is 79.3 cm³/mol. The van der Waals surface area contributed by atoms with Crippen molar-refractivity contribution in [1.82, 2.24) is 4.98 Å². The number of hydrogen-bond acceptors (Lipinski definition) is 3. The first-order valence-electron chi connectivity index (χ1n) is 6.19. The van der Waals surface area contributed by atoms with Crippen molar-refractivity contribution in [2.75, 3.05) is 0 Å². The zero-order valence-electron chi connectivity index (χ0n) is 10.7. The Morgan fingerprint density at radius 3 is 2.50 bits per heavy atom. The monoisotopic (exact) mass is 263 g/mol. The van der Waals surface area contributed by atoms with Gasteiger partial charge < -0.3 is 10.5 Å². The number of nitrogen functional groups attached to an aromatic ring is 1. The number of fused-ring (bicyclic) bond motifs is 1. The molecule has 3 rings (SSSR count). The van der Waals surface area contributed by atoms with Crippen molar-refractivity contribution in [3.8, 4) is 11.6 Å². The summed E-state index contributed by atoms with van der Waals surface area (Å²) in [6, 6.07) is 17.4. The van der Waals surface area contributed by atoms with Gasteiger partial charge in [-0.05, 0) is 29.0 Å². The summed E-state index contributed by atoms with van der Waals surface area (Å²) in [5.41, 5.74) is 5.96. The molecule has 0 aliphatic heterocycles. The van der Waals surface area contributed by atoms with Crippen LogP contribution in [0.25, 0.3) is 10.8 Å². The van der Waals surface area contributed by atoms with E-state index in [0.717, 1.165) is 11.1 Å². The van der Waals surface area contributed by atoms with Gasteiger partial charge in [0.15, 0.2) is 0 Å². The lowest BCUT2D eigenvalue weighted by atomic mass is 10.1. The maximum Gasteiger partial charge on any atom is 0.219 e. The molecule has 0 bridgehead atoms. The quantitative estimate of drug-likeness (QED) is 0.562. The van der Waals surface area contributed by atoms with Crippen LogP contribution in [0.3, 0.4) is 0 Å². The van der Waals surface area contributed by atoms with E-state index in [1.54, 1.807) is 12.1 Å². The van der Waals surface area contributed by atoms with Crippen LogP contribution in [-0.2, 0) is 0 Å². The van der Waals surface area contributed by atoms with Crippen molar-refractivity contribution < 1.29 is 4.74 Å². The Balaban J connectivity index is 1.87. The normalized spacial score (nSPS) is 10.4. The molecular weight excluding hydrogens is 250 g/mol. The first-order chi connectivity index (χ1) is 9.72. The first kappa shape index (κ1) is 12.2. The van der Waals surface area contributed by atoms with Gasteiger partial charge in [0.1, 0.15) is 11.6 Å². The molecule has 3 N–H and O–H groups in total. The minimum absolute atomic E-state index is 0.00486. The summed E-state index contributed by atoms with van der Waals surface area (Å²) in [7, 11) is 0. The van der Waals surface area contributed by atoms with E-state index >= 15 is 0 Å². The smallest absolute Gasteiger partial charge is 0.219 e. The van der Waals surface area contributed by atoms with Gasteiger partial charge in [-0.2, -0.15) is 0 Å². The maximum atomic E-state index is 7.31. The molecular formula is C16H13N3O. The molecule has 0 unspecified atom stereocenters. The number of aromatic nitrogens is 1. The van der Waals surface area contributed by atoms with Crippen molar-refractivity contribution in [1.29, 1.82) is 5.41 Å². The highest BCUT2D eigenvalue weighted by atomic mass is 16.5. The van der Waals surface area contributed by atoms with Crippen molar-refractivity contribution in [2.24, 2.45) is 5.73 Å². The minimum Gasteiger partial charge on any atom is -0.439 e. The molecule has 0 fully saturated rings. The first-order valence-corrected chi connectivity index (χ1v) is 6.19. The number of pyridine rings is 1. The van der Waals surface area contributed by atoms with Gasteiger partial charge in [-0.3, -0.25) is 5.41 Å². The molecule has 0 saturated heterocycles. The van der Waals surface area contributed by atoms with Gasteiger partial charge in [0.05, 0.1) is 0 Å². The number of nitrogens with one attached hydrogen (secondary N) is 1. The molecule has 0 amide bonds. The fraction of sp³-hybridized carbons (Fsp3) is 0. The van der Waals surface area contributed by atoms with Gasteiger partial charge in [0.2, 0.25) is 5.88 Å². The van der Waals surface area contributed by atoms with Gasteiger partial charge >= 0.3 is 0 Å². The molecule has 1 aromatic heterocycles. The highest BCUT2D eigenvalue weighted by Gasteiger charge is 2.02. The number of amidine groups is 1. The van der Waals surface area contributed by atoms with Crippen LogP contribution in [0.4, 0.5) is 0 Å². The van der Waals surface area contributed by atoms with E-state index in [1.165, 1.54) is 11.6 Å². The third-order valence-corrected chi connectivity index (χ3v) is 2.99. The highest BCUT2D eigenvalue weighted by molar-refractivity contribution is 5.94. The molecule has 0 saturated carbocycles. The zero-order chi connectivity index (χ0) is 13.9. The molecule has 0 radical (unpaired) electrons. The molecule has 98 valence electrons. The number of hydrogen-bond donors (Lipinski definition) is 2. The molecule has 2 aromatic carbocycles. The lowest BCUT2D eigenvalue weighted by Gasteiger charge is -2.06. The lowest BCUT2D eigenvalue weighted by Crippen LogP contribution is -2.11. The molecule has 20 heavy (non-hydrogen) atoms. The Morgan fingerprint density at radius 2 is 1.80 bits per heavy atom. The van der Waals surface area contributed by atoms with Crippen LogP contribution in [-0.4, -0.2) is 10.8 Å². The minimum atomic E-state index is -0.00486. The van der Waals surface area contributed by atoms with Crippen molar-refractivity contribution in [2.45, 2.75) is 0 Å². The average molecular weight is 263 g/mol. The Kier molecular flexibility index (Phi) is 3.05. The second-order valence-electron chi connectivity index (χ2n) is 4.41. The van der Waals surface area contributed by atoms with Crippen LogP contribution in [0.15, 0.2) is 60.8 Å². The molecule has 0 aliphatic rings. The standard InChI is InChI=1S/C16H13N3O/c17-16(18)13-6-8-15(19-10-13)20-14-7-5-11-3-1-2-4-12(11)9-14/h1-10H,(H3,17,18). The third-order valence-electron chi connectivity index (χ3n) is 2.99. The molecule has 0 atom stereocenters.